The molecular weight excluding hydrogens is 334 g/mol. The van der Waals surface area contributed by atoms with Crippen LogP contribution in [0.25, 0.3) is 0 Å². The van der Waals surface area contributed by atoms with Crippen molar-refractivity contribution in [1.82, 2.24) is 15.4 Å². The van der Waals surface area contributed by atoms with Crippen LogP contribution in [0.1, 0.15) is 21.6 Å². The summed E-state index contributed by atoms with van der Waals surface area (Å²) in [5, 5.41) is 9.05. The van der Waals surface area contributed by atoms with Crippen LogP contribution in [0.3, 0.4) is 0 Å². The van der Waals surface area contributed by atoms with Crippen LogP contribution in [0.4, 0.5) is 4.79 Å². The van der Waals surface area contributed by atoms with Crippen molar-refractivity contribution in [2.24, 2.45) is 0 Å². The van der Waals surface area contributed by atoms with Gasteiger partial charge in [-0.3, -0.25) is 15.0 Å². The summed E-state index contributed by atoms with van der Waals surface area (Å²) in [6.45, 7) is 0.715. The molecule has 0 bridgehead atoms. The van der Waals surface area contributed by atoms with Gasteiger partial charge < -0.3 is 9.64 Å². The molecule has 7 nitrogen and oxygen atoms in total. The van der Waals surface area contributed by atoms with Gasteiger partial charge in [0, 0.05) is 24.9 Å². The van der Waals surface area contributed by atoms with Crippen molar-refractivity contribution in [2.45, 2.75) is 13.0 Å². The molecule has 124 valence electrons. The van der Waals surface area contributed by atoms with Gasteiger partial charge in [-0.2, -0.15) is 0 Å². The second-order valence-electron chi connectivity index (χ2n) is 5.24. The third-order valence-corrected chi connectivity index (χ3v) is 4.01. The number of aromatic nitrogens is 1. The summed E-state index contributed by atoms with van der Waals surface area (Å²) in [4.78, 5) is 29.5. The van der Waals surface area contributed by atoms with E-state index in [1.807, 2.05) is 0 Å². The van der Waals surface area contributed by atoms with Crippen LogP contribution in [0.15, 0.2) is 36.5 Å². The van der Waals surface area contributed by atoms with E-state index in [4.69, 9.17) is 21.5 Å². The maximum Gasteiger partial charge on any atom is 0.415 e. The molecule has 3 rings (SSSR count). The number of ether oxygens (including phenoxy) is 1. The summed E-state index contributed by atoms with van der Waals surface area (Å²) in [7, 11) is 0. The van der Waals surface area contributed by atoms with Gasteiger partial charge in [0.1, 0.15) is 0 Å². The van der Waals surface area contributed by atoms with E-state index in [9.17, 15) is 9.59 Å². The van der Waals surface area contributed by atoms with Crippen molar-refractivity contribution in [3.8, 4) is 5.75 Å². The summed E-state index contributed by atoms with van der Waals surface area (Å²) in [6, 6.07) is 8.32. The number of hydrogen-bond donors (Lipinski definition) is 2. The lowest BCUT2D eigenvalue weighted by molar-refractivity contribution is 0.0705. The number of pyridine rings is 1. The van der Waals surface area contributed by atoms with Gasteiger partial charge in [-0.15, -0.1) is 0 Å². The van der Waals surface area contributed by atoms with E-state index in [1.54, 1.807) is 35.8 Å². The molecule has 0 saturated heterocycles. The Balaban J connectivity index is 1.75. The molecule has 2 aromatic rings. The summed E-state index contributed by atoms with van der Waals surface area (Å²) >= 11 is 5.99. The number of fused-ring (bicyclic) bond motifs is 1. The summed E-state index contributed by atoms with van der Waals surface area (Å²) in [6.07, 6.45) is 1.42. The van der Waals surface area contributed by atoms with Crippen molar-refractivity contribution in [2.75, 3.05) is 6.54 Å². The number of rotatable bonds is 2. The molecular formula is C16H14ClN3O4. The number of amides is 2. The number of hydrogen-bond acceptors (Lipinski definition) is 5. The molecule has 0 fully saturated rings. The molecule has 0 aliphatic carbocycles. The van der Waals surface area contributed by atoms with Gasteiger partial charge in [0.2, 0.25) is 0 Å². The Labute approximate surface area is 142 Å². The molecule has 2 heterocycles. The summed E-state index contributed by atoms with van der Waals surface area (Å²) < 4.78 is 5.31. The minimum absolute atomic E-state index is 0.220. The lowest BCUT2D eigenvalue weighted by atomic mass is 10.0. The summed E-state index contributed by atoms with van der Waals surface area (Å²) in [5.41, 5.74) is 3.33. The third kappa shape index (κ3) is 3.32. The molecule has 1 aliphatic heterocycles. The number of para-hydroxylation sites is 1. The number of nitrogens with one attached hydrogen (secondary N) is 1. The number of nitrogens with zero attached hydrogens (tertiary/aromatic N) is 2. The number of carbonyl (C=O) groups is 2. The van der Waals surface area contributed by atoms with E-state index >= 15 is 0 Å². The highest BCUT2D eigenvalue weighted by molar-refractivity contribution is 6.32. The fourth-order valence-electron chi connectivity index (χ4n) is 2.46. The molecule has 0 radical (unpaired) electrons. The standard InChI is InChI=1S/C16H14ClN3O4/c17-12-3-1-2-4-14(12)24-16(22)20-6-5-13-11(9-20)7-10(8-18-13)15(21)19-23/h1-4,7-8,23H,5-6,9H2,(H,19,21). The van der Waals surface area contributed by atoms with Gasteiger partial charge in [0.15, 0.2) is 5.75 Å². The zero-order valence-electron chi connectivity index (χ0n) is 12.5. The van der Waals surface area contributed by atoms with Crippen LogP contribution in [0.2, 0.25) is 5.02 Å². The molecule has 0 saturated carbocycles. The van der Waals surface area contributed by atoms with Crippen LogP contribution in [0, 0.1) is 0 Å². The fraction of sp³-hybridized carbons (Fsp3) is 0.188. The van der Waals surface area contributed by atoms with E-state index < -0.39 is 12.0 Å². The molecule has 0 spiro atoms. The number of hydroxylamine groups is 1. The van der Waals surface area contributed by atoms with Crippen LogP contribution >= 0.6 is 11.6 Å². The minimum Gasteiger partial charge on any atom is -0.409 e. The first-order valence-corrected chi connectivity index (χ1v) is 7.60. The van der Waals surface area contributed by atoms with E-state index in [0.717, 1.165) is 11.3 Å². The van der Waals surface area contributed by atoms with Crippen LogP contribution in [-0.2, 0) is 13.0 Å². The lowest BCUT2D eigenvalue weighted by Gasteiger charge is -2.27. The van der Waals surface area contributed by atoms with Crippen molar-refractivity contribution < 1.29 is 19.5 Å². The SMILES string of the molecule is O=C(NO)c1cnc2c(c1)CN(C(=O)Oc1ccccc1Cl)CC2. The highest BCUT2D eigenvalue weighted by atomic mass is 35.5. The highest BCUT2D eigenvalue weighted by Crippen LogP contribution is 2.25. The Hall–Kier alpha value is -2.64. The average Bonchev–Trinajstić information content (AvgIpc) is 2.62. The Morgan fingerprint density at radius 1 is 1.33 bits per heavy atom. The molecule has 1 aromatic heterocycles. The molecule has 0 atom stereocenters. The van der Waals surface area contributed by atoms with Gasteiger partial charge in [0.05, 0.1) is 17.1 Å². The van der Waals surface area contributed by atoms with Crippen molar-refractivity contribution in [3.05, 3.63) is 58.4 Å². The molecule has 1 aliphatic rings. The minimum atomic E-state index is -0.652. The molecule has 24 heavy (non-hydrogen) atoms. The highest BCUT2D eigenvalue weighted by Gasteiger charge is 2.24. The Morgan fingerprint density at radius 2 is 2.12 bits per heavy atom. The number of carbonyl (C=O) groups excluding carboxylic acids is 2. The Bertz CT molecular complexity index is 797. The normalized spacial score (nSPS) is 13.2. The largest absolute Gasteiger partial charge is 0.415 e. The van der Waals surface area contributed by atoms with Crippen LogP contribution in [-0.4, -0.2) is 33.6 Å². The molecule has 1 aromatic carbocycles. The molecule has 8 heteroatoms. The topological polar surface area (TPSA) is 91.8 Å². The second kappa shape index (κ2) is 6.86. The van der Waals surface area contributed by atoms with Gasteiger partial charge in [-0.25, -0.2) is 10.3 Å². The van der Waals surface area contributed by atoms with E-state index in [1.165, 1.54) is 11.1 Å². The summed E-state index contributed by atoms with van der Waals surface area (Å²) in [5.74, 6) is -0.359. The van der Waals surface area contributed by atoms with Crippen LogP contribution < -0.4 is 10.2 Å². The monoisotopic (exact) mass is 347 g/mol. The predicted molar refractivity (Wildman–Crippen MR) is 85.1 cm³/mol. The maximum absolute atomic E-state index is 12.3. The average molecular weight is 348 g/mol. The molecule has 2 N–H and O–H groups in total. The van der Waals surface area contributed by atoms with E-state index in [2.05, 4.69) is 4.98 Å². The third-order valence-electron chi connectivity index (χ3n) is 3.70. The van der Waals surface area contributed by atoms with Crippen molar-refractivity contribution in [3.63, 3.8) is 0 Å². The Morgan fingerprint density at radius 3 is 2.88 bits per heavy atom. The smallest absolute Gasteiger partial charge is 0.409 e. The second-order valence-corrected chi connectivity index (χ2v) is 5.65. The van der Waals surface area contributed by atoms with Crippen molar-refractivity contribution in [1.29, 1.82) is 0 Å². The van der Waals surface area contributed by atoms with Gasteiger partial charge >= 0.3 is 6.09 Å². The van der Waals surface area contributed by atoms with Crippen molar-refractivity contribution >= 4 is 23.6 Å². The number of halogens is 1. The first kappa shape index (κ1) is 16.2. The molecule has 2 amide bonds. The lowest BCUT2D eigenvalue weighted by Crippen LogP contribution is -2.38. The van der Waals surface area contributed by atoms with E-state index in [0.29, 0.717) is 23.7 Å². The van der Waals surface area contributed by atoms with E-state index in [-0.39, 0.29) is 12.1 Å². The van der Waals surface area contributed by atoms with Gasteiger partial charge in [-0.1, -0.05) is 23.7 Å². The predicted octanol–water partition coefficient (Wildman–Crippen LogP) is 2.41. The quantitative estimate of drug-likeness (QED) is 0.643. The van der Waals surface area contributed by atoms with Crippen LogP contribution in [0.5, 0.6) is 5.75 Å². The molecule has 0 unspecified atom stereocenters. The first-order valence-electron chi connectivity index (χ1n) is 7.22. The Kier molecular flexibility index (Phi) is 4.64. The first-order chi connectivity index (χ1) is 11.6. The number of benzene rings is 1. The van der Waals surface area contributed by atoms with Gasteiger partial charge in [-0.05, 0) is 23.8 Å². The fourth-order valence-corrected chi connectivity index (χ4v) is 2.63. The maximum atomic E-state index is 12.3. The van der Waals surface area contributed by atoms with Gasteiger partial charge in [0.25, 0.3) is 5.91 Å². The zero-order valence-corrected chi connectivity index (χ0v) is 13.3. The zero-order chi connectivity index (χ0) is 17.1.